The van der Waals surface area contributed by atoms with Crippen molar-refractivity contribution in [1.82, 2.24) is 14.9 Å². The molecule has 1 aromatic heterocycles. The van der Waals surface area contributed by atoms with Crippen LogP contribution in [0.3, 0.4) is 0 Å². The lowest BCUT2D eigenvalue weighted by atomic mass is 10.1. The third-order valence-corrected chi connectivity index (χ3v) is 2.62. The van der Waals surface area contributed by atoms with Crippen LogP contribution in [0.15, 0.2) is 12.4 Å². The van der Waals surface area contributed by atoms with Gasteiger partial charge in [-0.15, -0.1) is 0 Å². The summed E-state index contributed by atoms with van der Waals surface area (Å²) in [6.07, 6.45) is 5.73. The molecule has 0 spiro atoms. The summed E-state index contributed by atoms with van der Waals surface area (Å²) in [5.74, 6) is 0.924. The zero-order chi connectivity index (χ0) is 12.9. The average Bonchev–Trinajstić information content (AvgIpc) is 2.62. The largest absolute Gasteiger partial charge is 0.355 e. The van der Waals surface area contributed by atoms with Crippen LogP contribution in [0, 0.1) is 6.92 Å². The maximum atomic E-state index is 11.5. The molecule has 0 fully saturated rings. The molecule has 1 aromatic rings. The van der Waals surface area contributed by atoms with E-state index in [-0.39, 0.29) is 5.91 Å². The SMILES string of the molecule is Cc1nccn1CCCCNC(=O)C(C)(C)N. The van der Waals surface area contributed by atoms with E-state index in [4.69, 9.17) is 5.73 Å². The second-order valence-corrected chi connectivity index (χ2v) is 4.85. The Hall–Kier alpha value is -1.36. The Morgan fingerprint density at radius 2 is 2.24 bits per heavy atom. The summed E-state index contributed by atoms with van der Waals surface area (Å²) in [7, 11) is 0. The summed E-state index contributed by atoms with van der Waals surface area (Å²) in [6, 6.07) is 0. The van der Waals surface area contributed by atoms with Crippen molar-refractivity contribution in [3.05, 3.63) is 18.2 Å². The first-order chi connectivity index (χ1) is 7.91. The van der Waals surface area contributed by atoms with Crippen LogP contribution in [0.4, 0.5) is 0 Å². The number of aryl methyl sites for hydroxylation is 2. The first-order valence-electron chi connectivity index (χ1n) is 5.96. The fourth-order valence-corrected chi connectivity index (χ4v) is 1.48. The van der Waals surface area contributed by atoms with Crippen molar-refractivity contribution in [3.63, 3.8) is 0 Å². The monoisotopic (exact) mass is 238 g/mol. The van der Waals surface area contributed by atoms with Gasteiger partial charge in [0.2, 0.25) is 5.91 Å². The van der Waals surface area contributed by atoms with Crippen molar-refractivity contribution in [3.8, 4) is 0 Å². The van der Waals surface area contributed by atoms with Gasteiger partial charge in [0.15, 0.2) is 0 Å². The Bertz CT molecular complexity index is 365. The number of hydrogen-bond acceptors (Lipinski definition) is 3. The molecule has 0 aliphatic rings. The summed E-state index contributed by atoms with van der Waals surface area (Å²) >= 11 is 0. The van der Waals surface area contributed by atoms with E-state index in [0.717, 1.165) is 25.2 Å². The molecule has 96 valence electrons. The molecule has 5 heteroatoms. The number of hydrogen-bond donors (Lipinski definition) is 2. The summed E-state index contributed by atoms with van der Waals surface area (Å²) in [5.41, 5.74) is 4.88. The Balaban J connectivity index is 2.14. The van der Waals surface area contributed by atoms with Crippen LogP contribution in [-0.4, -0.2) is 27.5 Å². The molecule has 0 aromatic carbocycles. The quantitative estimate of drug-likeness (QED) is 0.721. The van der Waals surface area contributed by atoms with Crippen LogP contribution >= 0.6 is 0 Å². The van der Waals surface area contributed by atoms with Gasteiger partial charge in [-0.1, -0.05) is 0 Å². The van der Waals surface area contributed by atoms with Crippen molar-refractivity contribution in [1.29, 1.82) is 0 Å². The first kappa shape index (κ1) is 13.7. The van der Waals surface area contributed by atoms with Gasteiger partial charge in [-0.05, 0) is 33.6 Å². The molecule has 3 N–H and O–H groups in total. The van der Waals surface area contributed by atoms with Gasteiger partial charge in [-0.3, -0.25) is 4.79 Å². The van der Waals surface area contributed by atoms with Gasteiger partial charge in [-0.2, -0.15) is 0 Å². The van der Waals surface area contributed by atoms with E-state index in [0.29, 0.717) is 6.54 Å². The number of amides is 1. The third-order valence-electron chi connectivity index (χ3n) is 2.62. The predicted molar refractivity (Wildman–Crippen MR) is 67.5 cm³/mol. The summed E-state index contributed by atoms with van der Waals surface area (Å²) in [6.45, 7) is 7.01. The van der Waals surface area contributed by atoms with Gasteiger partial charge < -0.3 is 15.6 Å². The number of rotatable bonds is 6. The lowest BCUT2D eigenvalue weighted by molar-refractivity contribution is -0.125. The molecule has 1 amide bonds. The molecule has 0 unspecified atom stereocenters. The molecular weight excluding hydrogens is 216 g/mol. The summed E-state index contributed by atoms with van der Waals surface area (Å²) in [4.78, 5) is 15.6. The Morgan fingerprint density at radius 3 is 2.76 bits per heavy atom. The maximum absolute atomic E-state index is 11.5. The van der Waals surface area contributed by atoms with Crippen LogP contribution in [0.5, 0.6) is 0 Å². The molecule has 0 bridgehead atoms. The first-order valence-corrected chi connectivity index (χ1v) is 5.96. The lowest BCUT2D eigenvalue weighted by Crippen LogP contribution is -2.49. The normalized spacial score (nSPS) is 11.5. The summed E-state index contributed by atoms with van der Waals surface area (Å²) in [5, 5.41) is 2.83. The number of carbonyl (C=O) groups is 1. The standard InChI is InChI=1S/C12H22N4O/c1-10-14-7-9-16(10)8-5-4-6-15-11(17)12(2,3)13/h7,9H,4-6,8,13H2,1-3H3,(H,15,17). The van der Waals surface area contributed by atoms with Gasteiger partial charge in [0.05, 0.1) is 5.54 Å². The number of nitrogens with zero attached hydrogens (tertiary/aromatic N) is 2. The van der Waals surface area contributed by atoms with E-state index >= 15 is 0 Å². The van der Waals surface area contributed by atoms with Crippen molar-refractivity contribution in [2.45, 2.75) is 45.7 Å². The molecule has 0 saturated carbocycles. The average molecular weight is 238 g/mol. The lowest BCUT2D eigenvalue weighted by Gasteiger charge is -2.17. The van der Waals surface area contributed by atoms with Crippen molar-refractivity contribution in [2.24, 2.45) is 5.73 Å². The van der Waals surface area contributed by atoms with Crippen molar-refractivity contribution < 1.29 is 4.79 Å². The minimum Gasteiger partial charge on any atom is -0.355 e. The van der Waals surface area contributed by atoms with Gasteiger partial charge in [0.25, 0.3) is 0 Å². The van der Waals surface area contributed by atoms with Crippen molar-refractivity contribution in [2.75, 3.05) is 6.54 Å². The Labute approximate surface area is 102 Å². The van der Waals surface area contributed by atoms with Gasteiger partial charge >= 0.3 is 0 Å². The van der Waals surface area contributed by atoms with Crippen LogP contribution in [0.25, 0.3) is 0 Å². The van der Waals surface area contributed by atoms with Crippen LogP contribution in [0.2, 0.25) is 0 Å². The number of aromatic nitrogens is 2. The van der Waals surface area contributed by atoms with Crippen molar-refractivity contribution >= 4 is 5.91 Å². The fourth-order valence-electron chi connectivity index (χ4n) is 1.48. The molecule has 1 rings (SSSR count). The molecule has 1 heterocycles. The van der Waals surface area contributed by atoms with Gasteiger partial charge in [-0.25, -0.2) is 4.98 Å². The molecular formula is C12H22N4O. The highest BCUT2D eigenvalue weighted by Crippen LogP contribution is 2.00. The third kappa shape index (κ3) is 4.56. The zero-order valence-corrected chi connectivity index (χ0v) is 10.9. The van der Waals surface area contributed by atoms with Gasteiger partial charge in [0.1, 0.15) is 5.82 Å². The molecule has 0 aliphatic heterocycles. The van der Waals surface area contributed by atoms with E-state index in [1.807, 2.05) is 13.1 Å². The van der Waals surface area contributed by atoms with Gasteiger partial charge in [0, 0.05) is 25.5 Å². The molecule has 0 aliphatic carbocycles. The number of imidazole rings is 1. The van der Waals surface area contributed by atoms with E-state index in [9.17, 15) is 4.79 Å². The highest BCUT2D eigenvalue weighted by molar-refractivity contribution is 5.84. The second kappa shape index (κ2) is 5.82. The van der Waals surface area contributed by atoms with Crippen LogP contribution < -0.4 is 11.1 Å². The zero-order valence-electron chi connectivity index (χ0n) is 10.9. The number of nitrogens with one attached hydrogen (secondary N) is 1. The molecule has 0 saturated heterocycles. The molecule has 0 radical (unpaired) electrons. The van der Waals surface area contributed by atoms with E-state index in [2.05, 4.69) is 14.9 Å². The minimum absolute atomic E-state index is 0.101. The number of nitrogens with two attached hydrogens (primary N) is 1. The predicted octanol–water partition coefficient (Wildman–Crippen LogP) is 0.825. The summed E-state index contributed by atoms with van der Waals surface area (Å²) < 4.78 is 2.11. The molecule has 0 atom stereocenters. The number of carbonyl (C=O) groups excluding carboxylic acids is 1. The Kier molecular flexibility index (Phi) is 4.69. The topological polar surface area (TPSA) is 72.9 Å². The van der Waals surface area contributed by atoms with Crippen LogP contribution in [0.1, 0.15) is 32.5 Å². The smallest absolute Gasteiger partial charge is 0.239 e. The van der Waals surface area contributed by atoms with E-state index < -0.39 is 5.54 Å². The fraction of sp³-hybridized carbons (Fsp3) is 0.667. The Morgan fingerprint density at radius 1 is 1.53 bits per heavy atom. The van der Waals surface area contributed by atoms with Crippen LogP contribution in [-0.2, 0) is 11.3 Å². The molecule has 17 heavy (non-hydrogen) atoms. The molecule has 5 nitrogen and oxygen atoms in total. The minimum atomic E-state index is -0.791. The highest BCUT2D eigenvalue weighted by atomic mass is 16.2. The maximum Gasteiger partial charge on any atom is 0.239 e. The van der Waals surface area contributed by atoms with E-state index in [1.54, 1.807) is 20.0 Å². The highest BCUT2D eigenvalue weighted by Gasteiger charge is 2.20. The second-order valence-electron chi connectivity index (χ2n) is 4.85. The van der Waals surface area contributed by atoms with E-state index in [1.165, 1.54) is 0 Å². The number of unbranched alkanes of at least 4 members (excludes halogenated alkanes) is 1.